The van der Waals surface area contributed by atoms with E-state index in [2.05, 4.69) is 15.6 Å². The fourth-order valence-corrected chi connectivity index (χ4v) is 3.36. The summed E-state index contributed by atoms with van der Waals surface area (Å²) in [6, 6.07) is 7.69. The van der Waals surface area contributed by atoms with Gasteiger partial charge < -0.3 is 10.2 Å². The number of anilines is 2. The Morgan fingerprint density at radius 3 is 2.64 bits per heavy atom. The maximum Gasteiger partial charge on any atom is 0.242 e. The minimum Gasteiger partial charge on any atom is -0.348 e. The number of halogens is 1. The highest BCUT2D eigenvalue weighted by atomic mass is 35.5. The van der Waals surface area contributed by atoms with E-state index in [1.165, 1.54) is 12.8 Å². The van der Waals surface area contributed by atoms with Gasteiger partial charge in [0.1, 0.15) is 5.38 Å². The summed E-state index contributed by atoms with van der Waals surface area (Å²) >= 11 is 7.43. The molecule has 6 heteroatoms. The van der Waals surface area contributed by atoms with Crippen molar-refractivity contribution in [3.8, 4) is 11.3 Å². The Hall–Kier alpha value is -1.59. The second kappa shape index (κ2) is 6.67. The molecule has 116 valence electrons. The normalized spacial score (nSPS) is 15.8. The van der Waals surface area contributed by atoms with Crippen molar-refractivity contribution in [2.75, 3.05) is 23.3 Å². The Morgan fingerprint density at radius 2 is 2.00 bits per heavy atom. The van der Waals surface area contributed by atoms with E-state index in [-0.39, 0.29) is 5.91 Å². The molecule has 1 atom stereocenters. The summed E-state index contributed by atoms with van der Waals surface area (Å²) in [5, 5.41) is 5.42. The Bertz CT molecular complexity index is 648. The highest BCUT2D eigenvalue weighted by Crippen LogP contribution is 2.30. The van der Waals surface area contributed by atoms with Crippen molar-refractivity contribution >= 4 is 39.7 Å². The Balaban J connectivity index is 1.71. The molecule has 4 nitrogen and oxygen atoms in total. The van der Waals surface area contributed by atoms with Gasteiger partial charge in [-0.05, 0) is 31.9 Å². The molecule has 1 N–H and O–H groups in total. The number of rotatable bonds is 4. The molecule has 0 radical (unpaired) electrons. The highest BCUT2D eigenvalue weighted by Gasteiger charge is 2.16. The SMILES string of the molecule is C[C@H](Cl)C(=O)Nc1ccc(-c2csc(N3CCCC3)n2)cc1. The number of carbonyl (C=O) groups excluding carboxylic acids is 1. The molecule has 0 unspecified atom stereocenters. The molecular weight excluding hydrogens is 318 g/mol. The van der Waals surface area contributed by atoms with Crippen LogP contribution in [-0.4, -0.2) is 29.4 Å². The molecule has 0 saturated carbocycles. The third-order valence-corrected chi connectivity index (χ3v) is 4.78. The first kappa shape index (κ1) is 15.3. The van der Waals surface area contributed by atoms with Crippen LogP contribution in [0.1, 0.15) is 19.8 Å². The van der Waals surface area contributed by atoms with E-state index < -0.39 is 5.38 Å². The van der Waals surface area contributed by atoms with E-state index in [1.807, 2.05) is 24.3 Å². The van der Waals surface area contributed by atoms with Crippen molar-refractivity contribution in [2.45, 2.75) is 25.1 Å². The van der Waals surface area contributed by atoms with E-state index in [0.717, 1.165) is 35.2 Å². The molecule has 1 aliphatic rings. The lowest BCUT2D eigenvalue weighted by Gasteiger charge is -2.12. The molecule has 1 aliphatic heterocycles. The fourth-order valence-electron chi connectivity index (χ4n) is 2.42. The van der Waals surface area contributed by atoms with Crippen LogP contribution < -0.4 is 10.2 Å². The van der Waals surface area contributed by atoms with Gasteiger partial charge in [0.15, 0.2) is 5.13 Å². The van der Waals surface area contributed by atoms with Gasteiger partial charge in [0.05, 0.1) is 5.69 Å². The van der Waals surface area contributed by atoms with Gasteiger partial charge in [-0.3, -0.25) is 4.79 Å². The molecule has 0 spiro atoms. The smallest absolute Gasteiger partial charge is 0.242 e. The van der Waals surface area contributed by atoms with E-state index in [4.69, 9.17) is 16.6 Å². The van der Waals surface area contributed by atoms with Gasteiger partial charge in [0, 0.05) is 29.7 Å². The standard InChI is InChI=1S/C16H18ClN3OS/c1-11(17)15(21)18-13-6-4-12(5-7-13)14-10-22-16(19-14)20-8-2-3-9-20/h4-7,10-11H,2-3,8-9H2,1H3,(H,18,21)/t11-/m0/s1. The number of alkyl halides is 1. The van der Waals surface area contributed by atoms with Crippen molar-refractivity contribution in [1.29, 1.82) is 0 Å². The van der Waals surface area contributed by atoms with Gasteiger partial charge in [0.25, 0.3) is 0 Å². The number of aromatic nitrogens is 1. The summed E-state index contributed by atoms with van der Waals surface area (Å²) in [7, 11) is 0. The van der Waals surface area contributed by atoms with Crippen LogP contribution in [0.5, 0.6) is 0 Å². The first-order valence-electron chi connectivity index (χ1n) is 7.39. The Kier molecular flexibility index (Phi) is 4.64. The van der Waals surface area contributed by atoms with Crippen molar-refractivity contribution in [2.24, 2.45) is 0 Å². The minimum absolute atomic E-state index is 0.195. The molecule has 1 saturated heterocycles. The van der Waals surface area contributed by atoms with E-state index in [9.17, 15) is 4.79 Å². The van der Waals surface area contributed by atoms with Crippen LogP contribution in [0.3, 0.4) is 0 Å². The lowest BCUT2D eigenvalue weighted by atomic mass is 10.1. The van der Waals surface area contributed by atoms with Gasteiger partial charge in [-0.2, -0.15) is 0 Å². The third kappa shape index (κ3) is 3.42. The van der Waals surface area contributed by atoms with Crippen LogP contribution in [0.2, 0.25) is 0 Å². The van der Waals surface area contributed by atoms with Gasteiger partial charge in [0.2, 0.25) is 5.91 Å². The number of carbonyl (C=O) groups is 1. The number of nitrogens with zero attached hydrogens (tertiary/aromatic N) is 2. The first-order chi connectivity index (χ1) is 10.6. The van der Waals surface area contributed by atoms with Crippen molar-refractivity contribution in [3.05, 3.63) is 29.6 Å². The number of thiazole rings is 1. The van der Waals surface area contributed by atoms with Crippen LogP contribution in [0.25, 0.3) is 11.3 Å². The topological polar surface area (TPSA) is 45.2 Å². The summed E-state index contributed by atoms with van der Waals surface area (Å²) in [6.07, 6.45) is 2.50. The molecule has 0 bridgehead atoms. The molecule has 2 aromatic rings. The molecular formula is C16H18ClN3OS. The zero-order valence-electron chi connectivity index (χ0n) is 12.4. The molecule has 1 amide bonds. The van der Waals surface area contributed by atoms with E-state index in [1.54, 1.807) is 18.3 Å². The predicted octanol–water partition coefficient (Wildman–Crippen LogP) is 3.98. The predicted molar refractivity (Wildman–Crippen MR) is 92.9 cm³/mol. The molecule has 1 fully saturated rings. The number of benzene rings is 1. The molecule has 1 aromatic carbocycles. The summed E-state index contributed by atoms with van der Waals surface area (Å²) in [5.74, 6) is -0.195. The van der Waals surface area contributed by atoms with Crippen LogP contribution >= 0.6 is 22.9 Å². The second-order valence-corrected chi connectivity index (χ2v) is 6.88. The minimum atomic E-state index is -0.541. The maximum atomic E-state index is 11.6. The number of hydrogen-bond donors (Lipinski definition) is 1. The van der Waals surface area contributed by atoms with E-state index in [0.29, 0.717) is 0 Å². The van der Waals surface area contributed by atoms with Crippen molar-refractivity contribution in [1.82, 2.24) is 4.98 Å². The van der Waals surface area contributed by atoms with Crippen LogP contribution in [0.15, 0.2) is 29.6 Å². The van der Waals surface area contributed by atoms with Gasteiger partial charge in [-0.25, -0.2) is 4.98 Å². The van der Waals surface area contributed by atoms with Gasteiger partial charge in [-0.1, -0.05) is 12.1 Å². The zero-order valence-corrected chi connectivity index (χ0v) is 14.0. The average molecular weight is 336 g/mol. The summed E-state index contributed by atoms with van der Waals surface area (Å²) in [4.78, 5) is 18.6. The van der Waals surface area contributed by atoms with Gasteiger partial charge >= 0.3 is 0 Å². The molecule has 0 aliphatic carbocycles. The number of nitrogens with one attached hydrogen (secondary N) is 1. The summed E-state index contributed by atoms with van der Waals surface area (Å²) in [5.41, 5.74) is 2.78. The van der Waals surface area contributed by atoms with Gasteiger partial charge in [-0.15, -0.1) is 22.9 Å². The maximum absolute atomic E-state index is 11.6. The lowest BCUT2D eigenvalue weighted by Crippen LogP contribution is -2.20. The number of amides is 1. The van der Waals surface area contributed by atoms with E-state index >= 15 is 0 Å². The first-order valence-corrected chi connectivity index (χ1v) is 8.71. The zero-order chi connectivity index (χ0) is 15.5. The Labute approximate surface area is 139 Å². The quantitative estimate of drug-likeness (QED) is 0.860. The van der Waals surface area contributed by atoms with Crippen molar-refractivity contribution < 1.29 is 4.79 Å². The van der Waals surface area contributed by atoms with Crippen LogP contribution in [0.4, 0.5) is 10.8 Å². The summed E-state index contributed by atoms with van der Waals surface area (Å²) < 4.78 is 0. The van der Waals surface area contributed by atoms with Crippen LogP contribution in [-0.2, 0) is 4.79 Å². The largest absolute Gasteiger partial charge is 0.348 e. The highest BCUT2D eigenvalue weighted by molar-refractivity contribution is 7.14. The third-order valence-electron chi connectivity index (χ3n) is 3.68. The molecule has 3 rings (SSSR count). The average Bonchev–Trinajstić information content (AvgIpc) is 3.19. The molecule has 22 heavy (non-hydrogen) atoms. The molecule has 2 heterocycles. The van der Waals surface area contributed by atoms with Crippen LogP contribution in [0, 0.1) is 0 Å². The monoisotopic (exact) mass is 335 g/mol. The summed E-state index contributed by atoms with van der Waals surface area (Å²) in [6.45, 7) is 3.86. The lowest BCUT2D eigenvalue weighted by molar-refractivity contribution is -0.115. The fraction of sp³-hybridized carbons (Fsp3) is 0.375. The molecule has 1 aromatic heterocycles. The Morgan fingerprint density at radius 1 is 1.32 bits per heavy atom. The number of hydrogen-bond acceptors (Lipinski definition) is 4. The second-order valence-electron chi connectivity index (χ2n) is 5.39. The van der Waals surface area contributed by atoms with Crippen molar-refractivity contribution in [3.63, 3.8) is 0 Å².